The molecule has 1 atom stereocenters. The van der Waals surface area contributed by atoms with Gasteiger partial charge < -0.3 is 10.1 Å². The fourth-order valence-corrected chi connectivity index (χ4v) is 5.01. The number of methoxy groups -OCH3 is 1. The second-order valence-electron chi connectivity index (χ2n) is 8.17. The number of rotatable bonds is 5. The SMILES string of the molecule is COc1ccc([C@]2(C)NC(=O)N(NC(=O)c3cc4c(C)nn(-c5ccc(F)cc5)c4s3)C2=O)cc1. The molecule has 5 rings (SSSR count). The molecule has 0 aliphatic carbocycles. The van der Waals surface area contributed by atoms with Crippen molar-refractivity contribution in [3.63, 3.8) is 0 Å². The molecule has 2 N–H and O–H groups in total. The van der Waals surface area contributed by atoms with Crippen molar-refractivity contribution >= 4 is 39.4 Å². The molecule has 1 aliphatic heterocycles. The van der Waals surface area contributed by atoms with Gasteiger partial charge >= 0.3 is 6.03 Å². The van der Waals surface area contributed by atoms with Crippen LogP contribution in [0, 0.1) is 12.7 Å². The van der Waals surface area contributed by atoms with Gasteiger partial charge in [-0.2, -0.15) is 10.1 Å². The Hall–Kier alpha value is -4.25. The second kappa shape index (κ2) is 8.20. The molecule has 0 saturated carbocycles. The third kappa shape index (κ3) is 3.69. The van der Waals surface area contributed by atoms with Gasteiger partial charge in [-0.25, -0.2) is 13.9 Å². The Morgan fingerprint density at radius 2 is 1.83 bits per heavy atom. The molecule has 2 aromatic heterocycles. The molecule has 0 spiro atoms. The van der Waals surface area contributed by atoms with E-state index in [1.165, 1.54) is 19.2 Å². The van der Waals surface area contributed by atoms with Gasteiger partial charge in [0, 0.05) is 5.39 Å². The topological polar surface area (TPSA) is 106 Å². The summed E-state index contributed by atoms with van der Waals surface area (Å²) in [6.45, 7) is 3.37. The van der Waals surface area contributed by atoms with E-state index in [1.54, 1.807) is 61.0 Å². The highest BCUT2D eigenvalue weighted by Crippen LogP contribution is 2.32. The molecule has 4 aromatic rings. The van der Waals surface area contributed by atoms with Gasteiger partial charge in [0.15, 0.2) is 0 Å². The van der Waals surface area contributed by atoms with E-state index in [9.17, 15) is 18.8 Å². The zero-order chi connectivity index (χ0) is 24.9. The molecule has 1 saturated heterocycles. The van der Waals surface area contributed by atoms with Gasteiger partial charge in [0.25, 0.3) is 11.8 Å². The number of aromatic nitrogens is 2. The lowest BCUT2D eigenvalue weighted by molar-refractivity contribution is -0.132. The van der Waals surface area contributed by atoms with Crippen LogP contribution in [0.25, 0.3) is 15.9 Å². The predicted octanol–water partition coefficient (Wildman–Crippen LogP) is 3.66. The zero-order valence-electron chi connectivity index (χ0n) is 19.0. The molecule has 4 amide bonds. The second-order valence-corrected chi connectivity index (χ2v) is 9.20. The zero-order valence-corrected chi connectivity index (χ0v) is 19.8. The third-order valence-corrected chi connectivity index (χ3v) is 7.02. The average molecular weight is 494 g/mol. The molecule has 0 radical (unpaired) electrons. The van der Waals surface area contributed by atoms with Crippen molar-refractivity contribution in [2.45, 2.75) is 19.4 Å². The molecule has 1 aliphatic rings. The molecule has 11 heteroatoms. The Kier molecular flexibility index (Phi) is 5.28. The Morgan fingerprint density at radius 3 is 2.49 bits per heavy atom. The number of urea groups is 1. The Bertz CT molecular complexity index is 1480. The first-order valence-electron chi connectivity index (χ1n) is 10.6. The van der Waals surface area contributed by atoms with Gasteiger partial charge in [-0.05, 0) is 61.9 Å². The molecule has 0 unspecified atom stereocenters. The van der Waals surface area contributed by atoms with Crippen molar-refractivity contribution in [3.05, 3.63) is 76.5 Å². The monoisotopic (exact) mass is 493 g/mol. The van der Waals surface area contributed by atoms with Gasteiger partial charge in [0.05, 0.1) is 23.4 Å². The van der Waals surface area contributed by atoms with Crippen molar-refractivity contribution in [2.75, 3.05) is 7.11 Å². The fraction of sp³-hybridized carbons (Fsp3) is 0.167. The molecule has 1 fully saturated rings. The molecule has 9 nitrogen and oxygen atoms in total. The quantitative estimate of drug-likeness (QED) is 0.413. The smallest absolute Gasteiger partial charge is 0.344 e. The number of benzene rings is 2. The molecule has 0 bridgehead atoms. The summed E-state index contributed by atoms with van der Waals surface area (Å²) in [5.74, 6) is -0.983. The molecule has 3 heterocycles. The maximum atomic E-state index is 13.3. The minimum absolute atomic E-state index is 0.287. The van der Waals surface area contributed by atoms with E-state index >= 15 is 0 Å². The maximum Gasteiger partial charge on any atom is 0.344 e. The van der Waals surface area contributed by atoms with E-state index in [2.05, 4.69) is 15.8 Å². The summed E-state index contributed by atoms with van der Waals surface area (Å²) in [5.41, 5.74) is 2.94. The summed E-state index contributed by atoms with van der Waals surface area (Å²) in [7, 11) is 1.53. The van der Waals surface area contributed by atoms with Crippen molar-refractivity contribution in [3.8, 4) is 11.4 Å². The summed E-state index contributed by atoms with van der Waals surface area (Å²) >= 11 is 1.15. The van der Waals surface area contributed by atoms with Crippen LogP contribution >= 0.6 is 11.3 Å². The van der Waals surface area contributed by atoms with Crippen LogP contribution in [0.4, 0.5) is 9.18 Å². The number of carbonyl (C=O) groups is 3. The molecular formula is C24H20FN5O4S. The van der Waals surface area contributed by atoms with Crippen molar-refractivity contribution < 1.29 is 23.5 Å². The lowest BCUT2D eigenvalue weighted by atomic mass is 9.92. The number of ether oxygens (including phenoxy) is 1. The number of hydrogen-bond donors (Lipinski definition) is 2. The van der Waals surface area contributed by atoms with E-state index in [4.69, 9.17) is 4.74 Å². The summed E-state index contributed by atoms with van der Waals surface area (Å²) in [6.07, 6.45) is 0. The number of carbonyl (C=O) groups excluding carboxylic acids is 3. The lowest BCUT2D eigenvalue weighted by Crippen LogP contribution is -2.47. The number of hydrogen-bond acceptors (Lipinski definition) is 6. The van der Waals surface area contributed by atoms with Crippen LogP contribution in [0.1, 0.15) is 27.9 Å². The Morgan fingerprint density at radius 1 is 1.14 bits per heavy atom. The first kappa shape index (κ1) is 22.5. The summed E-state index contributed by atoms with van der Waals surface area (Å²) in [4.78, 5) is 39.8. The molecule has 35 heavy (non-hydrogen) atoms. The van der Waals surface area contributed by atoms with Crippen LogP contribution in [0.3, 0.4) is 0 Å². The Labute approximate surface area is 203 Å². The third-order valence-electron chi connectivity index (χ3n) is 5.91. The van der Waals surface area contributed by atoms with Crippen LogP contribution in [0.5, 0.6) is 5.75 Å². The molecular weight excluding hydrogens is 473 g/mol. The van der Waals surface area contributed by atoms with E-state index in [0.29, 0.717) is 32.5 Å². The number of nitrogens with one attached hydrogen (secondary N) is 2. The summed E-state index contributed by atoms with van der Waals surface area (Å²) in [6, 6.07) is 13.5. The minimum Gasteiger partial charge on any atom is -0.497 e. The first-order chi connectivity index (χ1) is 16.7. The number of hydrazine groups is 1. The number of nitrogens with zero attached hydrogens (tertiary/aromatic N) is 3. The van der Waals surface area contributed by atoms with E-state index in [1.807, 2.05) is 0 Å². The maximum absolute atomic E-state index is 13.3. The summed E-state index contributed by atoms with van der Waals surface area (Å²) in [5, 5.41) is 8.56. The van der Waals surface area contributed by atoms with Crippen molar-refractivity contribution in [2.24, 2.45) is 0 Å². The average Bonchev–Trinajstić information content (AvgIpc) is 3.48. The highest BCUT2D eigenvalue weighted by molar-refractivity contribution is 7.20. The number of halogens is 1. The van der Waals surface area contributed by atoms with Crippen LogP contribution in [0.15, 0.2) is 54.6 Å². The number of amides is 4. The van der Waals surface area contributed by atoms with Crippen LogP contribution in [-0.4, -0.2) is 39.7 Å². The molecule has 2 aromatic carbocycles. The molecule has 178 valence electrons. The number of thiophene rings is 1. The van der Waals surface area contributed by atoms with Gasteiger partial charge in [0.1, 0.15) is 21.9 Å². The van der Waals surface area contributed by atoms with Gasteiger partial charge in [-0.3, -0.25) is 15.0 Å². The summed E-state index contributed by atoms with van der Waals surface area (Å²) < 4.78 is 20.1. The van der Waals surface area contributed by atoms with E-state index in [0.717, 1.165) is 16.7 Å². The highest BCUT2D eigenvalue weighted by Gasteiger charge is 2.50. The van der Waals surface area contributed by atoms with Crippen LogP contribution in [0.2, 0.25) is 0 Å². The highest BCUT2D eigenvalue weighted by atomic mass is 32.1. The van der Waals surface area contributed by atoms with Crippen LogP contribution in [-0.2, 0) is 10.3 Å². The van der Waals surface area contributed by atoms with Gasteiger partial charge in [0.2, 0.25) is 0 Å². The minimum atomic E-state index is -1.35. The van der Waals surface area contributed by atoms with Gasteiger partial charge in [-0.15, -0.1) is 11.3 Å². The van der Waals surface area contributed by atoms with Crippen LogP contribution < -0.4 is 15.5 Å². The van der Waals surface area contributed by atoms with E-state index in [-0.39, 0.29) is 10.7 Å². The lowest BCUT2D eigenvalue weighted by Gasteiger charge is -2.22. The number of imide groups is 1. The number of fused-ring (bicyclic) bond motifs is 1. The largest absolute Gasteiger partial charge is 0.497 e. The Balaban J connectivity index is 1.40. The number of aryl methyl sites for hydroxylation is 1. The van der Waals surface area contributed by atoms with Crippen molar-refractivity contribution in [1.82, 2.24) is 25.5 Å². The standard InChI is InChI=1S/C24H20FN5O4S/c1-13-18-12-19(35-21(18)29(27-13)16-8-6-15(25)7-9-16)20(31)28-30-22(32)24(2,26-23(30)33)14-4-10-17(34-3)11-5-14/h4-12H,1-3H3,(H,26,33)(H,28,31)/t24-/m0/s1. The first-order valence-corrected chi connectivity index (χ1v) is 11.4. The van der Waals surface area contributed by atoms with Crippen molar-refractivity contribution in [1.29, 1.82) is 0 Å². The normalized spacial score (nSPS) is 17.7. The van der Waals surface area contributed by atoms with E-state index < -0.39 is 23.4 Å². The fourth-order valence-electron chi connectivity index (χ4n) is 3.93. The van der Waals surface area contributed by atoms with Gasteiger partial charge in [-0.1, -0.05) is 12.1 Å². The predicted molar refractivity (Wildman–Crippen MR) is 127 cm³/mol.